The van der Waals surface area contributed by atoms with Crippen molar-refractivity contribution in [2.75, 3.05) is 16.8 Å². The zero-order valence-corrected chi connectivity index (χ0v) is 18.9. The van der Waals surface area contributed by atoms with E-state index in [1.54, 1.807) is 32.6 Å². The number of nitrogens with zero attached hydrogens (tertiary/aromatic N) is 4. The second-order valence-electron chi connectivity index (χ2n) is 9.07. The largest absolute Gasteiger partial charge is 0.372 e. The van der Waals surface area contributed by atoms with Gasteiger partial charge in [-0.25, -0.2) is 9.97 Å². The van der Waals surface area contributed by atoms with Crippen molar-refractivity contribution in [3.05, 3.63) is 65.8 Å². The van der Waals surface area contributed by atoms with E-state index in [1.165, 1.54) is 11.1 Å². The van der Waals surface area contributed by atoms with Gasteiger partial charge < -0.3 is 20.5 Å². The molecule has 0 saturated heterocycles. The van der Waals surface area contributed by atoms with Crippen LogP contribution in [0.3, 0.4) is 0 Å². The number of hydrogen-bond donors (Lipinski definition) is 2. The van der Waals surface area contributed by atoms with Crippen LogP contribution in [0, 0.1) is 6.92 Å². The monoisotopic (exact) mass is 442 g/mol. The smallest absolute Gasteiger partial charge is 0.242 e. The molecular weight excluding hydrogens is 416 g/mol. The van der Waals surface area contributed by atoms with Gasteiger partial charge in [-0.15, -0.1) is 0 Å². The first-order chi connectivity index (χ1) is 15.8. The second-order valence-corrected chi connectivity index (χ2v) is 9.07. The average Bonchev–Trinajstić information content (AvgIpc) is 3.33. The normalized spacial score (nSPS) is 13.7. The predicted molar refractivity (Wildman–Crippen MR) is 128 cm³/mol. The van der Waals surface area contributed by atoms with Crippen molar-refractivity contribution in [3.8, 4) is 11.1 Å². The van der Waals surface area contributed by atoms with Gasteiger partial charge in [-0.05, 0) is 73.7 Å². The third kappa shape index (κ3) is 3.88. The Hall–Kier alpha value is -3.94. The molecule has 0 unspecified atom stereocenters. The molecule has 1 amide bonds. The molecule has 5 rings (SSSR count). The van der Waals surface area contributed by atoms with Crippen LogP contribution in [0.1, 0.15) is 30.5 Å². The quantitative estimate of drug-likeness (QED) is 0.483. The summed E-state index contributed by atoms with van der Waals surface area (Å²) in [6.07, 6.45) is 5.89. The molecular formula is C25H26N6O2. The summed E-state index contributed by atoms with van der Waals surface area (Å²) in [6.45, 7) is 7.19. The fourth-order valence-electron chi connectivity index (χ4n) is 4.34. The van der Waals surface area contributed by atoms with Crippen LogP contribution in [0.2, 0.25) is 0 Å². The second kappa shape index (κ2) is 7.88. The van der Waals surface area contributed by atoms with E-state index < -0.39 is 11.4 Å². The number of benzene rings is 2. The Kier molecular flexibility index (Phi) is 5.00. The summed E-state index contributed by atoms with van der Waals surface area (Å²) in [6, 6.07) is 10.4. The number of rotatable bonds is 5. The third-order valence-corrected chi connectivity index (χ3v) is 6.26. The molecule has 0 radical (unpaired) electrons. The summed E-state index contributed by atoms with van der Waals surface area (Å²) in [7, 11) is 0. The highest BCUT2D eigenvalue weighted by Gasteiger charge is 2.26. The number of aromatic nitrogens is 3. The highest BCUT2D eigenvalue weighted by atomic mass is 16.5. The summed E-state index contributed by atoms with van der Waals surface area (Å²) < 4.78 is 5.04. The zero-order chi connectivity index (χ0) is 23.2. The molecule has 8 nitrogen and oxygen atoms in total. The topological polar surface area (TPSA) is 110 Å². The van der Waals surface area contributed by atoms with Gasteiger partial charge in [0.25, 0.3) is 0 Å². The molecule has 8 heteroatoms. The molecule has 3 heterocycles. The van der Waals surface area contributed by atoms with Crippen LogP contribution < -0.4 is 16.0 Å². The van der Waals surface area contributed by atoms with E-state index in [2.05, 4.69) is 56.5 Å². The van der Waals surface area contributed by atoms with Crippen molar-refractivity contribution in [2.24, 2.45) is 5.73 Å². The summed E-state index contributed by atoms with van der Waals surface area (Å²) >= 11 is 0. The number of primary amides is 1. The van der Waals surface area contributed by atoms with E-state index in [9.17, 15) is 4.79 Å². The average molecular weight is 443 g/mol. The summed E-state index contributed by atoms with van der Waals surface area (Å²) in [4.78, 5) is 23.2. The SMILES string of the molecule is Cc1cc(-c2cnoc2)cc2c(N3CCc4ccc(NC(C)(C)C(N)=O)cc4C3)ncnc12. The molecule has 1 aliphatic heterocycles. The minimum atomic E-state index is -0.832. The minimum Gasteiger partial charge on any atom is -0.372 e. The Labute approximate surface area is 191 Å². The Morgan fingerprint density at radius 1 is 1.15 bits per heavy atom. The molecule has 0 spiro atoms. The Morgan fingerprint density at radius 2 is 2.00 bits per heavy atom. The van der Waals surface area contributed by atoms with Gasteiger partial charge in [-0.2, -0.15) is 0 Å². The van der Waals surface area contributed by atoms with E-state index in [4.69, 9.17) is 10.3 Å². The van der Waals surface area contributed by atoms with E-state index in [1.807, 2.05) is 6.07 Å². The lowest BCUT2D eigenvalue weighted by Gasteiger charge is -2.31. The van der Waals surface area contributed by atoms with Gasteiger partial charge in [0.2, 0.25) is 5.91 Å². The van der Waals surface area contributed by atoms with Gasteiger partial charge in [-0.1, -0.05) is 11.2 Å². The lowest BCUT2D eigenvalue weighted by atomic mass is 9.97. The van der Waals surface area contributed by atoms with Crippen LogP contribution in [-0.2, 0) is 17.8 Å². The van der Waals surface area contributed by atoms with E-state index in [0.29, 0.717) is 6.54 Å². The number of nitrogens with two attached hydrogens (primary N) is 1. The zero-order valence-electron chi connectivity index (χ0n) is 18.9. The molecule has 1 aliphatic rings. The third-order valence-electron chi connectivity index (χ3n) is 6.26. The van der Waals surface area contributed by atoms with Crippen molar-refractivity contribution >= 4 is 28.3 Å². The van der Waals surface area contributed by atoms with Gasteiger partial charge in [0.05, 0.1) is 11.7 Å². The number of amides is 1. The first kappa shape index (κ1) is 20.9. The lowest BCUT2D eigenvalue weighted by Crippen LogP contribution is -2.45. The van der Waals surface area contributed by atoms with E-state index in [0.717, 1.165) is 52.1 Å². The molecule has 0 fully saturated rings. The first-order valence-corrected chi connectivity index (χ1v) is 10.9. The van der Waals surface area contributed by atoms with Crippen LogP contribution in [0.25, 0.3) is 22.0 Å². The Bertz CT molecular complexity index is 1350. The van der Waals surface area contributed by atoms with E-state index >= 15 is 0 Å². The van der Waals surface area contributed by atoms with Crippen LogP contribution in [-0.4, -0.2) is 33.1 Å². The van der Waals surface area contributed by atoms with Gasteiger partial charge in [0, 0.05) is 29.7 Å². The molecule has 2 aromatic carbocycles. The molecule has 0 saturated carbocycles. The number of hydrogen-bond acceptors (Lipinski definition) is 7. The van der Waals surface area contributed by atoms with Gasteiger partial charge in [-0.3, -0.25) is 4.79 Å². The maximum absolute atomic E-state index is 11.7. The fraction of sp³-hybridized carbons (Fsp3) is 0.280. The van der Waals surface area contributed by atoms with Crippen molar-refractivity contribution in [3.63, 3.8) is 0 Å². The molecule has 0 bridgehead atoms. The van der Waals surface area contributed by atoms with Crippen LogP contribution in [0.4, 0.5) is 11.5 Å². The van der Waals surface area contributed by atoms with Crippen molar-refractivity contribution in [1.82, 2.24) is 15.1 Å². The standard InChI is InChI=1S/C25H26N6O2/c1-15-8-17(19-11-29-33-13-19)10-21-22(15)27-14-28-23(21)31-7-6-16-4-5-20(9-18(16)12-31)30-25(2,3)24(26)32/h4-5,8-11,13-14,30H,6-7,12H2,1-3H3,(H2,26,32). The van der Waals surface area contributed by atoms with E-state index in [-0.39, 0.29) is 0 Å². The van der Waals surface area contributed by atoms with Crippen LogP contribution in [0.15, 0.2) is 53.6 Å². The molecule has 3 N–H and O–H groups in total. The number of carbonyl (C=O) groups is 1. The Balaban J connectivity index is 1.51. The summed E-state index contributed by atoms with van der Waals surface area (Å²) in [5.74, 6) is 0.510. The van der Waals surface area contributed by atoms with Crippen molar-refractivity contribution in [1.29, 1.82) is 0 Å². The molecule has 33 heavy (non-hydrogen) atoms. The first-order valence-electron chi connectivity index (χ1n) is 10.9. The minimum absolute atomic E-state index is 0.395. The van der Waals surface area contributed by atoms with Crippen molar-refractivity contribution < 1.29 is 9.32 Å². The number of carbonyl (C=O) groups excluding carboxylic acids is 1. The maximum Gasteiger partial charge on any atom is 0.242 e. The summed E-state index contributed by atoms with van der Waals surface area (Å²) in [5, 5.41) is 8.09. The number of nitrogens with one attached hydrogen (secondary N) is 1. The molecule has 0 atom stereocenters. The molecule has 168 valence electrons. The Morgan fingerprint density at radius 3 is 2.76 bits per heavy atom. The fourth-order valence-corrected chi connectivity index (χ4v) is 4.34. The van der Waals surface area contributed by atoms with Gasteiger partial charge in [0.15, 0.2) is 0 Å². The maximum atomic E-state index is 11.7. The van der Waals surface area contributed by atoms with Crippen LogP contribution >= 0.6 is 0 Å². The number of anilines is 2. The number of fused-ring (bicyclic) bond motifs is 2. The highest BCUT2D eigenvalue weighted by molar-refractivity contribution is 5.95. The molecule has 4 aromatic rings. The van der Waals surface area contributed by atoms with Crippen molar-refractivity contribution in [2.45, 2.75) is 39.3 Å². The molecule has 0 aliphatic carbocycles. The lowest BCUT2D eigenvalue weighted by molar-refractivity contribution is -0.121. The van der Waals surface area contributed by atoms with Gasteiger partial charge >= 0.3 is 0 Å². The summed E-state index contributed by atoms with van der Waals surface area (Å²) in [5.41, 5.74) is 12.0. The predicted octanol–water partition coefficient (Wildman–Crippen LogP) is 3.83. The number of aryl methyl sites for hydroxylation is 1. The highest BCUT2D eigenvalue weighted by Crippen LogP contribution is 2.34. The molecule has 2 aromatic heterocycles. The van der Waals surface area contributed by atoms with Gasteiger partial charge in [0.1, 0.15) is 23.9 Å². The van der Waals surface area contributed by atoms with Crippen LogP contribution in [0.5, 0.6) is 0 Å².